The van der Waals surface area contributed by atoms with Crippen LogP contribution in [0.2, 0.25) is 0 Å². The summed E-state index contributed by atoms with van der Waals surface area (Å²) in [5.74, 6) is -0.146. The average Bonchev–Trinajstić information content (AvgIpc) is 3.15. The molecule has 1 atom stereocenters. The number of carbonyl (C=O) groups is 1. The molecule has 1 aliphatic rings. The van der Waals surface area contributed by atoms with Gasteiger partial charge < -0.3 is 9.47 Å². The number of carbonyl (C=O) groups excluding carboxylic acids is 1. The van der Waals surface area contributed by atoms with Crippen molar-refractivity contribution in [2.45, 2.75) is 32.8 Å². The molecule has 0 bridgehead atoms. The molecule has 2 heterocycles. The molecular weight excluding hydrogens is 310 g/mol. The third kappa shape index (κ3) is 3.62. The van der Waals surface area contributed by atoms with Crippen LogP contribution in [0, 0.1) is 5.41 Å². The van der Waals surface area contributed by atoms with E-state index in [9.17, 15) is 4.79 Å². The first-order valence-corrected chi connectivity index (χ1v) is 8.70. The minimum atomic E-state index is -0.565. The van der Waals surface area contributed by atoms with Crippen molar-refractivity contribution < 1.29 is 14.3 Å². The minimum Gasteiger partial charge on any atom is -0.465 e. The van der Waals surface area contributed by atoms with Crippen LogP contribution in [-0.4, -0.2) is 30.3 Å². The summed E-state index contributed by atoms with van der Waals surface area (Å²) in [6.45, 7) is 4.84. The highest BCUT2D eigenvalue weighted by Crippen LogP contribution is 2.37. The van der Waals surface area contributed by atoms with E-state index in [1.165, 1.54) is 0 Å². The molecule has 0 aliphatic carbocycles. The summed E-state index contributed by atoms with van der Waals surface area (Å²) in [6, 6.07) is 10.1. The standard InChI is InChI=1S/C18H21NO3S/c1-13(2)22-12-18(8-9-21-17(18)20)10-15-11-19-16(23-15)14-6-4-3-5-7-14/h3-7,11,13H,8-10,12H2,1-2H3. The first kappa shape index (κ1) is 16.1. The molecule has 0 saturated carbocycles. The first-order valence-electron chi connectivity index (χ1n) is 7.88. The molecule has 1 aromatic carbocycles. The van der Waals surface area contributed by atoms with E-state index in [-0.39, 0.29) is 12.1 Å². The fourth-order valence-electron chi connectivity index (χ4n) is 2.70. The Kier molecular flexibility index (Phi) is 4.78. The molecule has 5 heteroatoms. The second-order valence-electron chi connectivity index (χ2n) is 6.20. The zero-order valence-electron chi connectivity index (χ0n) is 13.5. The quantitative estimate of drug-likeness (QED) is 0.757. The van der Waals surface area contributed by atoms with Crippen molar-refractivity contribution in [3.63, 3.8) is 0 Å². The van der Waals surface area contributed by atoms with Gasteiger partial charge in [0.25, 0.3) is 0 Å². The van der Waals surface area contributed by atoms with E-state index in [1.54, 1.807) is 11.3 Å². The molecule has 4 nitrogen and oxygen atoms in total. The third-order valence-corrected chi connectivity index (χ3v) is 5.07. The zero-order chi connectivity index (χ0) is 16.3. The summed E-state index contributed by atoms with van der Waals surface area (Å²) >= 11 is 1.63. The molecule has 3 rings (SSSR count). The number of ether oxygens (including phenoxy) is 2. The number of thiazole rings is 1. The smallest absolute Gasteiger partial charge is 0.314 e. The van der Waals surface area contributed by atoms with Crippen molar-refractivity contribution >= 4 is 17.3 Å². The Bertz CT molecular complexity index is 668. The third-order valence-electron chi connectivity index (χ3n) is 4.03. The highest BCUT2D eigenvalue weighted by molar-refractivity contribution is 7.15. The van der Waals surface area contributed by atoms with Gasteiger partial charge in [-0.15, -0.1) is 11.3 Å². The Hall–Kier alpha value is -1.72. The number of benzene rings is 1. The molecule has 1 saturated heterocycles. The molecule has 1 aromatic heterocycles. The molecule has 0 radical (unpaired) electrons. The lowest BCUT2D eigenvalue weighted by molar-refractivity contribution is -0.149. The molecule has 1 aliphatic heterocycles. The van der Waals surface area contributed by atoms with Crippen molar-refractivity contribution in [1.82, 2.24) is 4.98 Å². The molecule has 23 heavy (non-hydrogen) atoms. The maximum Gasteiger partial charge on any atom is 0.314 e. The van der Waals surface area contributed by atoms with E-state index in [4.69, 9.17) is 9.47 Å². The summed E-state index contributed by atoms with van der Waals surface area (Å²) in [7, 11) is 0. The van der Waals surface area contributed by atoms with Crippen molar-refractivity contribution in [2.75, 3.05) is 13.2 Å². The fourth-order valence-corrected chi connectivity index (χ4v) is 3.76. The number of esters is 1. The number of hydrogen-bond donors (Lipinski definition) is 0. The molecular formula is C18H21NO3S. The average molecular weight is 331 g/mol. The Morgan fingerprint density at radius 3 is 2.78 bits per heavy atom. The highest BCUT2D eigenvalue weighted by atomic mass is 32.1. The lowest BCUT2D eigenvalue weighted by atomic mass is 9.83. The number of hydrogen-bond acceptors (Lipinski definition) is 5. The first-order chi connectivity index (χ1) is 11.1. The number of aromatic nitrogens is 1. The Labute approximate surface area is 140 Å². The SMILES string of the molecule is CC(C)OCC1(Cc2cnc(-c3ccccc3)s2)CCOC1=O. The van der Waals surface area contributed by atoms with Crippen LogP contribution in [0.25, 0.3) is 10.6 Å². The number of cyclic esters (lactones) is 1. The largest absolute Gasteiger partial charge is 0.465 e. The van der Waals surface area contributed by atoms with Gasteiger partial charge in [0.05, 0.1) is 24.7 Å². The van der Waals surface area contributed by atoms with Gasteiger partial charge in [-0.05, 0) is 13.8 Å². The van der Waals surface area contributed by atoms with Crippen molar-refractivity contribution in [1.29, 1.82) is 0 Å². The van der Waals surface area contributed by atoms with Crippen LogP contribution < -0.4 is 0 Å². The van der Waals surface area contributed by atoms with Gasteiger partial charge in [-0.1, -0.05) is 30.3 Å². The maximum absolute atomic E-state index is 12.3. The van der Waals surface area contributed by atoms with E-state index in [0.717, 1.165) is 15.4 Å². The van der Waals surface area contributed by atoms with Gasteiger partial charge in [0.15, 0.2) is 0 Å². The topological polar surface area (TPSA) is 48.4 Å². The van der Waals surface area contributed by atoms with Gasteiger partial charge in [0.2, 0.25) is 0 Å². The van der Waals surface area contributed by atoms with Gasteiger partial charge in [-0.3, -0.25) is 4.79 Å². The molecule has 1 unspecified atom stereocenters. The van der Waals surface area contributed by atoms with E-state index >= 15 is 0 Å². The van der Waals surface area contributed by atoms with E-state index < -0.39 is 5.41 Å². The molecule has 2 aromatic rings. The van der Waals surface area contributed by atoms with Gasteiger partial charge in [0, 0.05) is 29.5 Å². The normalized spacial score (nSPS) is 20.9. The minimum absolute atomic E-state index is 0.0987. The summed E-state index contributed by atoms with van der Waals surface area (Å²) in [5, 5.41) is 0.979. The Balaban J connectivity index is 1.78. The molecule has 0 N–H and O–H groups in total. The monoisotopic (exact) mass is 331 g/mol. The Morgan fingerprint density at radius 2 is 2.13 bits per heavy atom. The number of nitrogens with zero attached hydrogens (tertiary/aromatic N) is 1. The highest BCUT2D eigenvalue weighted by Gasteiger charge is 2.45. The van der Waals surface area contributed by atoms with Gasteiger partial charge in [-0.25, -0.2) is 4.98 Å². The van der Waals surface area contributed by atoms with E-state index in [2.05, 4.69) is 4.98 Å². The predicted octanol–water partition coefficient (Wildman–Crippen LogP) is 3.71. The second kappa shape index (κ2) is 6.81. The van der Waals surface area contributed by atoms with Crippen LogP contribution in [0.3, 0.4) is 0 Å². The van der Waals surface area contributed by atoms with Crippen LogP contribution in [0.4, 0.5) is 0 Å². The van der Waals surface area contributed by atoms with Crippen LogP contribution >= 0.6 is 11.3 Å². The molecule has 1 fully saturated rings. The lowest BCUT2D eigenvalue weighted by Gasteiger charge is -2.24. The van der Waals surface area contributed by atoms with Crippen LogP contribution in [-0.2, 0) is 20.7 Å². The van der Waals surface area contributed by atoms with Gasteiger partial charge >= 0.3 is 5.97 Å². The predicted molar refractivity (Wildman–Crippen MR) is 90.4 cm³/mol. The summed E-state index contributed by atoms with van der Waals surface area (Å²) in [5.41, 5.74) is 0.537. The summed E-state index contributed by atoms with van der Waals surface area (Å²) < 4.78 is 11.0. The lowest BCUT2D eigenvalue weighted by Crippen LogP contribution is -2.35. The maximum atomic E-state index is 12.3. The summed E-state index contributed by atoms with van der Waals surface area (Å²) in [4.78, 5) is 17.9. The van der Waals surface area contributed by atoms with Crippen LogP contribution in [0.1, 0.15) is 25.1 Å². The second-order valence-corrected chi connectivity index (χ2v) is 7.32. The van der Waals surface area contributed by atoms with Crippen molar-refractivity contribution in [2.24, 2.45) is 5.41 Å². The van der Waals surface area contributed by atoms with E-state index in [0.29, 0.717) is 26.1 Å². The molecule has 0 spiro atoms. The van der Waals surface area contributed by atoms with Crippen LogP contribution in [0.15, 0.2) is 36.5 Å². The summed E-state index contributed by atoms with van der Waals surface area (Å²) in [6.07, 6.45) is 3.30. The molecule has 122 valence electrons. The zero-order valence-corrected chi connectivity index (χ0v) is 14.3. The molecule has 0 amide bonds. The van der Waals surface area contributed by atoms with Crippen molar-refractivity contribution in [3.8, 4) is 10.6 Å². The van der Waals surface area contributed by atoms with Gasteiger partial charge in [-0.2, -0.15) is 0 Å². The van der Waals surface area contributed by atoms with Gasteiger partial charge in [0.1, 0.15) is 5.01 Å². The van der Waals surface area contributed by atoms with Crippen LogP contribution in [0.5, 0.6) is 0 Å². The van der Waals surface area contributed by atoms with Crippen molar-refractivity contribution in [3.05, 3.63) is 41.4 Å². The fraction of sp³-hybridized carbons (Fsp3) is 0.444. The van der Waals surface area contributed by atoms with E-state index in [1.807, 2.05) is 50.4 Å². The number of rotatable bonds is 6. The Morgan fingerprint density at radius 1 is 1.35 bits per heavy atom.